The highest BCUT2D eigenvalue weighted by Crippen LogP contribution is 2.14. The molecule has 0 aliphatic rings. The molecule has 0 N–H and O–H groups in total. The van der Waals surface area contributed by atoms with Crippen molar-refractivity contribution in [1.29, 1.82) is 0 Å². The Labute approximate surface area is 94.4 Å². The van der Waals surface area contributed by atoms with Crippen LogP contribution in [0.25, 0.3) is 0 Å². The molecule has 2 nitrogen and oxygen atoms in total. The number of ether oxygens (including phenoxy) is 1. The first-order valence-corrected chi connectivity index (χ1v) is 6.37. The van der Waals surface area contributed by atoms with Gasteiger partial charge in [0, 0.05) is 6.92 Å². The van der Waals surface area contributed by atoms with Crippen molar-refractivity contribution in [2.75, 3.05) is 0 Å². The topological polar surface area (TPSA) is 26.3 Å². The van der Waals surface area contributed by atoms with Gasteiger partial charge in [-0.1, -0.05) is 39.5 Å². The number of hydrogen-bond donors (Lipinski definition) is 0. The monoisotopic (exact) mass is 214 g/mol. The van der Waals surface area contributed by atoms with E-state index in [4.69, 9.17) is 4.74 Å². The van der Waals surface area contributed by atoms with Crippen LogP contribution < -0.4 is 0 Å². The summed E-state index contributed by atoms with van der Waals surface area (Å²) < 4.78 is 5.30. The molecule has 0 heterocycles. The van der Waals surface area contributed by atoms with Crippen molar-refractivity contribution >= 4 is 5.97 Å². The third-order valence-corrected chi connectivity index (χ3v) is 2.59. The molecule has 0 rings (SSSR count). The van der Waals surface area contributed by atoms with Gasteiger partial charge in [-0.2, -0.15) is 0 Å². The molecule has 2 heteroatoms. The smallest absolute Gasteiger partial charge is 0.302 e. The van der Waals surface area contributed by atoms with Crippen molar-refractivity contribution in [1.82, 2.24) is 0 Å². The van der Waals surface area contributed by atoms with Crippen LogP contribution in [0.4, 0.5) is 0 Å². The largest absolute Gasteiger partial charge is 0.463 e. The Morgan fingerprint density at radius 3 is 1.80 bits per heavy atom. The van der Waals surface area contributed by atoms with Crippen LogP contribution in [0.2, 0.25) is 0 Å². The lowest BCUT2D eigenvalue weighted by atomic mass is 10.0. The van der Waals surface area contributed by atoms with E-state index in [-0.39, 0.29) is 12.1 Å². The van der Waals surface area contributed by atoms with Crippen molar-refractivity contribution in [3.63, 3.8) is 0 Å². The normalized spacial score (nSPS) is 10.7. The van der Waals surface area contributed by atoms with E-state index in [1.54, 1.807) is 0 Å². The summed E-state index contributed by atoms with van der Waals surface area (Å²) in [6.45, 7) is 5.89. The zero-order valence-electron chi connectivity index (χ0n) is 10.6. The molecule has 0 atom stereocenters. The minimum atomic E-state index is -0.131. The molecule has 0 saturated heterocycles. The van der Waals surface area contributed by atoms with Crippen molar-refractivity contribution in [3.8, 4) is 0 Å². The first-order valence-electron chi connectivity index (χ1n) is 6.37. The first-order chi connectivity index (χ1) is 7.20. The Morgan fingerprint density at radius 2 is 1.47 bits per heavy atom. The van der Waals surface area contributed by atoms with Crippen LogP contribution in [0.3, 0.4) is 0 Å². The predicted octanol–water partition coefficient (Wildman–Crippen LogP) is 4.08. The summed E-state index contributed by atoms with van der Waals surface area (Å²) >= 11 is 0. The van der Waals surface area contributed by atoms with Gasteiger partial charge < -0.3 is 4.74 Å². The lowest BCUT2D eigenvalue weighted by Crippen LogP contribution is -2.16. The molecule has 0 unspecified atom stereocenters. The number of hydrogen-bond acceptors (Lipinski definition) is 2. The molecular weight excluding hydrogens is 188 g/mol. The second kappa shape index (κ2) is 10.0. The summed E-state index contributed by atoms with van der Waals surface area (Å²) in [7, 11) is 0. The average Bonchev–Trinajstić information content (AvgIpc) is 2.17. The third-order valence-electron chi connectivity index (χ3n) is 2.59. The van der Waals surface area contributed by atoms with Crippen LogP contribution in [0.1, 0.15) is 72.1 Å². The van der Waals surface area contributed by atoms with Crippen LogP contribution in [0.5, 0.6) is 0 Å². The molecule has 0 saturated carbocycles. The van der Waals surface area contributed by atoms with Gasteiger partial charge >= 0.3 is 5.97 Å². The average molecular weight is 214 g/mol. The quantitative estimate of drug-likeness (QED) is 0.427. The number of esters is 1. The minimum absolute atomic E-state index is 0.131. The number of unbranched alkanes of at least 4 members (excludes halogenated alkanes) is 4. The molecule has 0 aromatic rings. The highest BCUT2D eigenvalue weighted by molar-refractivity contribution is 5.66. The highest BCUT2D eigenvalue weighted by Gasteiger charge is 2.10. The molecular formula is C13H26O2. The van der Waals surface area contributed by atoms with Gasteiger partial charge in [-0.15, -0.1) is 0 Å². The molecule has 0 radical (unpaired) electrons. The second-order valence-electron chi connectivity index (χ2n) is 4.22. The number of carbonyl (C=O) groups excluding carboxylic acids is 1. The Balaban J connectivity index is 3.68. The van der Waals surface area contributed by atoms with E-state index in [0.717, 1.165) is 12.8 Å². The van der Waals surface area contributed by atoms with Crippen molar-refractivity contribution in [2.45, 2.75) is 78.2 Å². The Morgan fingerprint density at radius 1 is 1.00 bits per heavy atom. The molecule has 90 valence electrons. The standard InChI is InChI=1S/C13H26O2/c1-4-6-8-10-13(15-12(3)14)11-9-7-5-2/h13H,4-11H2,1-3H3. The van der Waals surface area contributed by atoms with Gasteiger partial charge in [0.05, 0.1) is 0 Å². The zero-order chi connectivity index (χ0) is 11.5. The van der Waals surface area contributed by atoms with E-state index in [1.165, 1.54) is 45.4 Å². The molecule has 0 bridgehead atoms. The second-order valence-corrected chi connectivity index (χ2v) is 4.22. The van der Waals surface area contributed by atoms with E-state index >= 15 is 0 Å². The summed E-state index contributed by atoms with van der Waals surface area (Å²) in [5.74, 6) is -0.131. The maximum absolute atomic E-state index is 10.9. The van der Waals surface area contributed by atoms with E-state index in [0.29, 0.717) is 0 Å². The molecule has 0 aliphatic heterocycles. The third kappa shape index (κ3) is 9.77. The molecule has 15 heavy (non-hydrogen) atoms. The Kier molecular flexibility index (Phi) is 9.65. The molecule has 0 aromatic heterocycles. The zero-order valence-corrected chi connectivity index (χ0v) is 10.6. The molecule has 0 fully saturated rings. The molecule has 0 spiro atoms. The van der Waals surface area contributed by atoms with Gasteiger partial charge in [-0.3, -0.25) is 4.79 Å². The number of carbonyl (C=O) groups is 1. The van der Waals surface area contributed by atoms with Gasteiger partial charge in [-0.05, 0) is 25.7 Å². The Bertz CT molecular complexity index is 145. The van der Waals surface area contributed by atoms with E-state index < -0.39 is 0 Å². The van der Waals surface area contributed by atoms with Gasteiger partial charge in [0.2, 0.25) is 0 Å². The maximum Gasteiger partial charge on any atom is 0.302 e. The van der Waals surface area contributed by atoms with Gasteiger partial charge in [0.25, 0.3) is 0 Å². The van der Waals surface area contributed by atoms with Crippen LogP contribution in [0.15, 0.2) is 0 Å². The number of rotatable bonds is 9. The summed E-state index contributed by atoms with van der Waals surface area (Å²) in [6.07, 6.45) is 9.54. The SMILES string of the molecule is CCCCCC(CCCCC)OC(C)=O. The van der Waals surface area contributed by atoms with Crippen LogP contribution in [-0.4, -0.2) is 12.1 Å². The summed E-state index contributed by atoms with van der Waals surface area (Å²) in [5, 5.41) is 0. The summed E-state index contributed by atoms with van der Waals surface area (Å²) in [4.78, 5) is 10.9. The summed E-state index contributed by atoms with van der Waals surface area (Å²) in [5.41, 5.74) is 0. The van der Waals surface area contributed by atoms with Crippen molar-refractivity contribution in [2.24, 2.45) is 0 Å². The maximum atomic E-state index is 10.9. The van der Waals surface area contributed by atoms with Crippen molar-refractivity contribution < 1.29 is 9.53 Å². The van der Waals surface area contributed by atoms with Crippen LogP contribution >= 0.6 is 0 Å². The summed E-state index contributed by atoms with van der Waals surface area (Å²) in [6, 6.07) is 0. The minimum Gasteiger partial charge on any atom is -0.463 e. The predicted molar refractivity (Wildman–Crippen MR) is 63.8 cm³/mol. The lowest BCUT2D eigenvalue weighted by Gasteiger charge is -2.16. The lowest BCUT2D eigenvalue weighted by molar-refractivity contribution is -0.147. The van der Waals surface area contributed by atoms with Gasteiger partial charge in [-0.25, -0.2) is 0 Å². The van der Waals surface area contributed by atoms with E-state index in [1.807, 2.05) is 0 Å². The van der Waals surface area contributed by atoms with Crippen molar-refractivity contribution in [3.05, 3.63) is 0 Å². The Hall–Kier alpha value is -0.530. The van der Waals surface area contributed by atoms with E-state index in [2.05, 4.69) is 13.8 Å². The fourth-order valence-corrected chi connectivity index (χ4v) is 1.74. The van der Waals surface area contributed by atoms with Gasteiger partial charge in [0.15, 0.2) is 0 Å². The first kappa shape index (κ1) is 14.5. The molecule has 0 aliphatic carbocycles. The molecule has 0 amide bonds. The van der Waals surface area contributed by atoms with E-state index in [9.17, 15) is 4.79 Å². The van der Waals surface area contributed by atoms with Crippen LogP contribution in [0, 0.1) is 0 Å². The fraction of sp³-hybridized carbons (Fsp3) is 0.923. The molecule has 0 aromatic carbocycles. The highest BCUT2D eigenvalue weighted by atomic mass is 16.5. The fourth-order valence-electron chi connectivity index (χ4n) is 1.74. The van der Waals surface area contributed by atoms with Gasteiger partial charge in [0.1, 0.15) is 6.10 Å². The van der Waals surface area contributed by atoms with Crippen LogP contribution in [-0.2, 0) is 9.53 Å².